The molecule has 1 aromatic heterocycles. The monoisotopic (exact) mass is 367 g/mol. The first-order valence-electron chi connectivity index (χ1n) is 8.30. The Balaban J connectivity index is 1.63. The van der Waals surface area contributed by atoms with Gasteiger partial charge in [-0.05, 0) is 53.1 Å². The maximum absolute atomic E-state index is 12.8. The van der Waals surface area contributed by atoms with Gasteiger partial charge in [0.25, 0.3) is 0 Å². The van der Waals surface area contributed by atoms with Gasteiger partial charge in [-0.2, -0.15) is 4.68 Å². The van der Waals surface area contributed by atoms with Crippen molar-refractivity contribution in [3.63, 3.8) is 0 Å². The number of phenols is 1. The Morgan fingerprint density at radius 3 is 2.58 bits per heavy atom. The lowest BCUT2D eigenvalue weighted by Crippen LogP contribution is -2.29. The molecule has 1 atom stereocenters. The summed E-state index contributed by atoms with van der Waals surface area (Å²) in [5.74, 6) is 0.131. The predicted octanol–water partition coefficient (Wildman–Crippen LogP) is 2.48. The Hall–Kier alpha value is -2.87. The second kappa shape index (κ2) is 7.17. The van der Waals surface area contributed by atoms with Gasteiger partial charge < -0.3 is 10.4 Å². The van der Waals surface area contributed by atoms with Crippen LogP contribution in [0.4, 0.5) is 0 Å². The molecule has 1 aliphatic rings. The minimum atomic E-state index is -0.446. The number of benzene rings is 2. The predicted molar refractivity (Wildman–Crippen MR) is 97.0 cm³/mol. The van der Waals surface area contributed by atoms with Crippen molar-refractivity contribution in [2.75, 3.05) is 0 Å². The van der Waals surface area contributed by atoms with Crippen molar-refractivity contribution < 1.29 is 9.90 Å². The maximum atomic E-state index is 12.8. The van der Waals surface area contributed by atoms with Gasteiger partial charge in [-0.15, -0.1) is 5.10 Å². The van der Waals surface area contributed by atoms with Crippen molar-refractivity contribution in [3.8, 4) is 11.4 Å². The molecule has 0 saturated heterocycles. The molecular weight excluding hydrogens is 350 g/mol. The largest absolute Gasteiger partial charge is 0.508 e. The average Bonchev–Trinajstić information content (AvgIpc) is 3.35. The van der Waals surface area contributed by atoms with Gasteiger partial charge >= 0.3 is 0 Å². The van der Waals surface area contributed by atoms with Crippen LogP contribution in [0.1, 0.15) is 23.7 Å². The summed E-state index contributed by atoms with van der Waals surface area (Å²) < 4.78 is 1.56. The highest BCUT2D eigenvalue weighted by atomic mass is 32.2. The number of nitrogens with zero attached hydrogens (tertiary/aromatic N) is 4. The number of rotatable bonds is 6. The van der Waals surface area contributed by atoms with Crippen LogP contribution in [-0.2, 0) is 4.79 Å². The van der Waals surface area contributed by atoms with Crippen molar-refractivity contribution in [2.45, 2.75) is 29.3 Å². The minimum absolute atomic E-state index is 0.0380. The summed E-state index contributed by atoms with van der Waals surface area (Å²) in [6, 6.07) is 16.5. The molecule has 3 aromatic rings. The summed E-state index contributed by atoms with van der Waals surface area (Å²) in [5, 5.41) is 24.4. The lowest BCUT2D eigenvalue weighted by molar-refractivity contribution is -0.120. The zero-order valence-electron chi connectivity index (χ0n) is 13.8. The standard InChI is InChI=1S/C18H17N5O2S/c24-15-10-8-14(9-11-15)23-18(20-21-22-23)26-16(12-4-2-1-3-5-12)17(25)19-13-6-7-13/h1-5,8-11,13,16,24H,6-7H2,(H,19,25)/t16-/m1/s1. The van der Waals surface area contributed by atoms with Crippen molar-refractivity contribution >= 4 is 17.7 Å². The zero-order valence-corrected chi connectivity index (χ0v) is 14.6. The SMILES string of the molecule is O=C(NC1CC1)[C@H](Sc1nnnn1-c1ccc(O)cc1)c1ccccc1. The van der Waals surface area contributed by atoms with E-state index in [-0.39, 0.29) is 17.7 Å². The molecule has 0 bridgehead atoms. The number of amides is 1. The van der Waals surface area contributed by atoms with Gasteiger partial charge in [-0.1, -0.05) is 42.1 Å². The number of phenolic OH excluding ortho intramolecular Hbond substituents is 1. The first-order valence-corrected chi connectivity index (χ1v) is 9.18. The Morgan fingerprint density at radius 2 is 1.88 bits per heavy atom. The molecular formula is C18H17N5O2S. The van der Waals surface area contributed by atoms with Crippen molar-refractivity contribution in [1.82, 2.24) is 25.5 Å². The summed E-state index contributed by atoms with van der Waals surface area (Å²) >= 11 is 1.30. The fraction of sp³-hybridized carbons (Fsp3) is 0.222. The molecule has 0 aliphatic heterocycles. The summed E-state index contributed by atoms with van der Waals surface area (Å²) in [4.78, 5) is 12.8. The topological polar surface area (TPSA) is 92.9 Å². The van der Waals surface area contributed by atoms with Crippen molar-refractivity contribution in [1.29, 1.82) is 0 Å². The highest BCUT2D eigenvalue weighted by molar-refractivity contribution is 8.00. The molecule has 0 unspecified atom stereocenters. The van der Waals surface area contributed by atoms with Gasteiger partial charge in [-0.3, -0.25) is 4.79 Å². The Bertz CT molecular complexity index is 893. The van der Waals surface area contributed by atoms with Crippen LogP contribution in [0.3, 0.4) is 0 Å². The lowest BCUT2D eigenvalue weighted by Gasteiger charge is -2.16. The lowest BCUT2D eigenvalue weighted by atomic mass is 10.1. The van der Waals surface area contributed by atoms with E-state index in [1.54, 1.807) is 28.9 Å². The number of aromatic nitrogens is 4. The Labute approximate surface area is 154 Å². The van der Waals surface area contributed by atoms with E-state index in [4.69, 9.17) is 0 Å². The van der Waals surface area contributed by atoms with Gasteiger partial charge in [0, 0.05) is 6.04 Å². The number of nitrogens with one attached hydrogen (secondary N) is 1. The van der Waals surface area contributed by atoms with Gasteiger partial charge in [-0.25, -0.2) is 0 Å². The van der Waals surface area contributed by atoms with E-state index < -0.39 is 5.25 Å². The molecule has 1 fully saturated rings. The molecule has 7 nitrogen and oxygen atoms in total. The van der Waals surface area contributed by atoms with Gasteiger partial charge in [0.15, 0.2) is 0 Å². The second-order valence-corrected chi connectivity index (χ2v) is 7.15. The summed E-state index contributed by atoms with van der Waals surface area (Å²) in [7, 11) is 0. The smallest absolute Gasteiger partial charge is 0.238 e. The molecule has 1 amide bonds. The van der Waals surface area contributed by atoms with Crippen LogP contribution >= 0.6 is 11.8 Å². The van der Waals surface area contributed by atoms with Crippen LogP contribution < -0.4 is 5.32 Å². The number of hydrogen-bond donors (Lipinski definition) is 2. The third kappa shape index (κ3) is 3.70. The van der Waals surface area contributed by atoms with E-state index in [0.29, 0.717) is 10.8 Å². The highest BCUT2D eigenvalue weighted by Gasteiger charge is 2.30. The van der Waals surface area contributed by atoms with Crippen LogP contribution in [0.5, 0.6) is 5.75 Å². The molecule has 26 heavy (non-hydrogen) atoms. The fourth-order valence-corrected chi connectivity index (χ4v) is 3.52. The summed E-state index contributed by atoms with van der Waals surface area (Å²) in [5.41, 5.74) is 1.61. The quantitative estimate of drug-likeness (QED) is 0.650. The fourth-order valence-electron chi connectivity index (χ4n) is 2.52. The van der Waals surface area contributed by atoms with E-state index >= 15 is 0 Å². The molecule has 2 N–H and O–H groups in total. The summed E-state index contributed by atoms with van der Waals surface area (Å²) in [6.07, 6.45) is 2.06. The molecule has 8 heteroatoms. The molecule has 1 heterocycles. The van der Waals surface area contributed by atoms with Crippen LogP contribution in [-0.4, -0.2) is 37.3 Å². The highest BCUT2D eigenvalue weighted by Crippen LogP contribution is 2.36. The third-order valence-corrected chi connectivity index (χ3v) is 5.21. The van der Waals surface area contributed by atoms with E-state index in [1.807, 2.05) is 30.3 Å². The number of carbonyl (C=O) groups is 1. The van der Waals surface area contributed by atoms with Crippen LogP contribution in [0, 0.1) is 0 Å². The Morgan fingerprint density at radius 1 is 1.15 bits per heavy atom. The van der Waals surface area contributed by atoms with Crippen LogP contribution in [0.15, 0.2) is 59.8 Å². The molecule has 132 valence electrons. The molecule has 1 aliphatic carbocycles. The molecule has 4 rings (SSSR count). The number of aromatic hydroxyl groups is 1. The maximum Gasteiger partial charge on any atom is 0.238 e. The normalized spacial score (nSPS) is 14.8. The van der Waals surface area contributed by atoms with Gasteiger partial charge in [0.1, 0.15) is 11.0 Å². The number of carbonyl (C=O) groups excluding carboxylic acids is 1. The average molecular weight is 367 g/mol. The van der Waals surface area contributed by atoms with E-state index in [2.05, 4.69) is 20.8 Å². The van der Waals surface area contributed by atoms with Crippen LogP contribution in [0.25, 0.3) is 5.69 Å². The van der Waals surface area contributed by atoms with E-state index in [1.165, 1.54) is 11.8 Å². The molecule has 1 saturated carbocycles. The summed E-state index contributed by atoms with van der Waals surface area (Å²) in [6.45, 7) is 0. The van der Waals surface area contributed by atoms with Gasteiger partial charge in [0.05, 0.1) is 5.69 Å². The van der Waals surface area contributed by atoms with Crippen molar-refractivity contribution in [2.24, 2.45) is 0 Å². The van der Waals surface area contributed by atoms with Gasteiger partial charge in [0.2, 0.25) is 11.1 Å². The number of tetrazole rings is 1. The Kier molecular flexibility index (Phi) is 4.57. The van der Waals surface area contributed by atoms with Crippen molar-refractivity contribution in [3.05, 3.63) is 60.2 Å². The third-order valence-electron chi connectivity index (χ3n) is 4.02. The first-order chi connectivity index (χ1) is 12.7. The van der Waals surface area contributed by atoms with Crippen LogP contribution in [0.2, 0.25) is 0 Å². The van der Waals surface area contributed by atoms with E-state index in [0.717, 1.165) is 18.4 Å². The molecule has 0 spiro atoms. The zero-order chi connectivity index (χ0) is 17.9. The second-order valence-electron chi connectivity index (χ2n) is 6.08. The first kappa shape index (κ1) is 16.6. The minimum Gasteiger partial charge on any atom is -0.508 e. The molecule has 0 radical (unpaired) electrons. The number of hydrogen-bond acceptors (Lipinski definition) is 6. The van der Waals surface area contributed by atoms with E-state index in [9.17, 15) is 9.90 Å². The molecule has 2 aromatic carbocycles. The number of thioether (sulfide) groups is 1.